The third-order valence-corrected chi connectivity index (χ3v) is 3.07. The van der Waals surface area contributed by atoms with Gasteiger partial charge in [-0.15, -0.1) is 0 Å². The molecule has 2 N–H and O–H groups in total. The number of carboxylic acids is 1. The summed E-state index contributed by atoms with van der Waals surface area (Å²) in [5.74, 6) is -0.178. The summed E-state index contributed by atoms with van der Waals surface area (Å²) in [6.07, 6.45) is 0. The van der Waals surface area contributed by atoms with Crippen LogP contribution in [0.25, 0.3) is 21.8 Å². The predicted octanol–water partition coefficient (Wildman–Crippen LogP) is 3.03. The van der Waals surface area contributed by atoms with Crippen LogP contribution in [0.1, 0.15) is 10.4 Å². The number of carbonyl (C=O) groups is 1. The summed E-state index contributed by atoms with van der Waals surface area (Å²) in [7, 11) is 1.61. The van der Waals surface area contributed by atoms with Crippen molar-refractivity contribution in [3.8, 4) is 5.75 Å². The fraction of sp³-hybridized carbons (Fsp3) is 0.0714. The molecule has 3 rings (SSSR count). The lowest BCUT2D eigenvalue weighted by Crippen LogP contribution is -1.96. The minimum Gasteiger partial charge on any atom is -0.497 e. The van der Waals surface area contributed by atoms with Crippen molar-refractivity contribution in [1.82, 2.24) is 4.98 Å². The van der Waals surface area contributed by atoms with Crippen LogP contribution in [0.3, 0.4) is 0 Å². The van der Waals surface area contributed by atoms with Gasteiger partial charge in [0.2, 0.25) is 0 Å². The van der Waals surface area contributed by atoms with E-state index in [1.807, 2.05) is 24.3 Å². The lowest BCUT2D eigenvalue weighted by Gasteiger charge is -1.98. The van der Waals surface area contributed by atoms with E-state index in [-0.39, 0.29) is 5.56 Å². The summed E-state index contributed by atoms with van der Waals surface area (Å²) in [6.45, 7) is 0. The van der Waals surface area contributed by atoms with Gasteiger partial charge in [0, 0.05) is 16.3 Å². The van der Waals surface area contributed by atoms with E-state index in [0.29, 0.717) is 5.52 Å². The first-order chi connectivity index (χ1) is 8.70. The van der Waals surface area contributed by atoms with Crippen LogP contribution in [0.4, 0.5) is 0 Å². The number of para-hydroxylation sites is 1. The lowest BCUT2D eigenvalue weighted by molar-refractivity contribution is 0.0699. The zero-order chi connectivity index (χ0) is 12.7. The molecule has 4 nitrogen and oxygen atoms in total. The fourth-order valence-corrected chi connectivity index (χ4v) is 2.21. The molecule has 1 aromatic heterocycles. The Morgan fingerprint density at radius 3 is 2.78 bits per heavy atom. The topological polar surface area (TPSA) is 62.3 Å². The van der Waals surface area contributed by atoms with E-state index in [4.69, 9.17) is 9.84 Å². The number of hydrogen-bond donors (Lipinski definition) is 2. The molecule has 0 bridgehead atoms. The Labute approximate surface area is 103 Å². The van der Waals surface area contributed by atoms with Crippen molar-refractivity contribution in [2.75, 3.05) is 7.11 Å². The van der Waals surface area contributed by atoms with Crippen molar-refractivity contribution in [2.45, 2.75) is 0 Å². The normalized spacial score (nSPS) is 10.9. The molecular formula is C14H11NO3. The first-order valence-electron chi connectivity index (χ1n) is 5.52. The zero-order valence-electron chi connectivity index (χ0n) is 9.73. The maximum atomic E-state index is 11.2. The maximum absolute atomic E-state index is 11.2. The summed E-state index contributed by atoms with van der Waals surface area (Å²) in [5.41, 5.74) is 1.83. The average molecular weight is 241 g/mol. The minimum atomic E-state index is -0.931. The van der Waals surface area contributed by atoms with Crippen molar-refractivity contribution in [3.05, 3.63) is 42.0 Å². The second-order valence-electron chi connectivity index (χ2n) is 4.07. The van der Waals surface area contributed by atoms with Gasteiger partial charge in [-0.05, 0) is 24.3 Å². The van der Waals surface area contributed by atoms with Gasteiger partial charge in [0.1, 0.15) is 5.75 Å². The SMILES string of the molecule is COc1ccc2[nH]c3c(C(=O)O)cccc3c2c1. The molecule has 0 aliphatic rings. The monoisotopic (exact) mass is 241 g/mol. The second-order valence-corrected chi connectivity index (χ2v) is 4.07. The molecule has 0 amide bonds. The van der Waals surface area contributed by atoms with Crippen LogP contribution in [0.5, 0.6) is 5.75 Å². The number of rotatable bonds is 2. The Kier molecular flexibility index (Phi) is 2.23. The molecule has 3 aromatic rings. The van der Waals surface area contributed by atoms with Crippen molar-refractivity contribution in [2.24, 2.45) is 0 Å². The van der Waals surface area contributed by atoms with Gasteiger partial charge in [0.25, 0.3) is 0 Å². The number of ether oxygens (including phenoxy) is 1. The number of benzene rings is 2. The highest BCUT2D eigenvalue weighted by molar-refractivity contribution is 6.13. The molecule has 0 spiro atoms. The molecule has 0 saturated carbocycles. The number of aromatic carboxylic acids is 1. The van der Waals surface area contributed by atoms with Gasteiger partial charge in [-0.25, -0.2) is 4.79 Å². The Morgan fingerprint density at radius 1 is 1.22 bits per heavy atom. The summed E-state index contributed by atoms with van der Waals surface area (Å²) in [5, 5.41) is 11.0. The highest BCUT2D eigenvalue weighted by atomic mass is 16.5. The first-order valence-corrected chi connectivity index (χ1v) is 5.52. The van der Waals surface area contributed by atoms with Gasteiger partial charge in [-0.2, -0.15) is 0 Å². The van der Waals surface area contributed by atoms with E-state index in [9.17, 15) is 4.79 Å². The number of aromatic nitrogens is 1. The number of aromatic amines is 1. The number of carboxylic acid groups (broad SMARTS) is 1. The van der Waals surface area contributed by atoms with Gasteiger partial charge in [-0.3, -0.25) is 0 Å². The molecule has 0 radical (unpaired) electrons. The number of methoxy groups -OCH3 is 1. The fourth-order valence-electron chi connectivity index (χ4n) is 2.21. The Morgan fingerprint density at radius 2 is 2.06 bits per heavy atom. The molecule has 0 aliphatic carbocycles. The van der Waals surface area contributed by atoms with Crippen LogP contribution in [-0.2, 0) is 0 Å². The minimum absolute atomic E-state index is 0.280. The summed E-state index contributed by atoms with van der Waals surface area (Å²) in [6, 6.07) is 10.9. The van der Waals surface area contributed by atoms with Crippen molar-refractivity contribution in [3.63, 3.8) is 0 Å². The molecule has 0 aliphatic heterocycles. The van der Waals surface area contributed by atoms with E-state index in [0.717, 1.165) is 22.0 Å². The molecule has 1 heterocycles. The molecule has 2 aromatic carbocycles. The van der Waals surface area contributed by atoms with Crippen LogP contribution in [0.15, 0.2) is 36.4 Å². The molecule has 0 unspecified atom stereocenters. The second kappa shape index (κ2) is 3.77. The van der Waals surface area contributed by atoms with Gasteiger partial charge < -0.3 is 14.8 Å². The Balaban J connectivity index is 2.43. The molecule has 0 atom stereocenters. The largest absolute Gasteiger partial charge is 0.497 e. The smallest absolute Gasteiger partial charge is 0.337 e. The molecular weight excluding hydrogens is 230 g/mol. The van der Waals surface area contributed by atoms with E-state index < -0.39 is 5.97 Å². The van der Waals surface area contributed by atoms with Gasteiger partial charge in [0.15, 0.2) is 0 Å². The van der Waals surface area contributed by atoms with Crippen molar-refractivity contribution < 1.29 is 14.6 Å². The third kappa shape index (κ3) is 1.43. The summed E-state index contributed by atoms with van der Waals surface area (Å²) >= 11 is 0. The predicted molar refractivity (Wildman–Crippen MR) is 69.3 cm³/mol. The van der Waals surface area contributed by atoms with Crippen molar-refractivity contribution in [1.29, 1.82) is 0 Å². The Hall–Kier alpha value is -2.49. The van der Waals surface area contributed by atoms with Gasteiger partial charge >= 0.3 is 5.97 Å². The lowest BCUT2D eigenvalue weighted by atomic mass is 10.1. The zero-order valence-corrected chi connectivity index (χ0v) is 9.73. The van der Waals surface area contributed by atoms with Crippen LogP contribution in [0, 0.1) is 0 Å². The third-order valence-electron chi connectivity index (χ3n) is 3.07. The number of nitrogens with one attached hydrogen (secondary N) is 1. The number of hydrogen-bond acceptors (Lipinski definition) is 2. The van der Waals surface area contributed by atoms with Crippen LogP contribution >= 0.6 is 0 Å². The van der Waals surface area contributed by atoms with Gasteiger partial charge in [0.05, 0.1) is 18.2 Å². The van der Waals surface area contributed by atoms with Crippen LogP contribution < -0.4 is 4.74 Å². The summed E-state index contributed by atoms with van der Waals surface area (Å²) < 4.78 is 5.19. The van der Waals surface area contributed by atoms with Gasteiger partial charge in [-0.1, -0.05) is 12.1 Å². The standard InChI is InChI=1S/C14H11NO3/c1-18-8-5-6-12-11(7-8)9-3-2-4-10(14(16)17)13(9)15-12/h2-7,15H,1H3,(H,16,17). The number of H-pyrrole nitrogens is 1. The average Bonchev–Trinajstić information content (AvgIpc) is 2.75. The maximum Gasteiger partial charge on any atom is 0.337 e. The van der Waals surface area contributed by atoms with Crippen LogP contribution in [0.2, 0.25) is 0 Å². The molecule has 0 saturated heterocycles. The van der Waals surface area contributed by atoms with E-state index in [1.54, 1.807) is 19.2 Å². The van der Waals surface area contributed by atoms with Crippen LogP contribution in [-0.4, -0.2) is 23.2 Å². The van der Waals surface area contributed by atoms with E-state index in [1.165, 1.54) is 0 Å². The molecule has 0 fully saturated rings. The van der Waals surface area contributed by atoms with E-state index >= 15 is 0 Å². The first kappa shape index (κ1) is 10.7. The quantitative estimate of drug-likeness (QED) is 0.724. The molecule has 90 valence electrons. The highest BCUT2D eigenvalue weighted by Gasteiger charge is 2.12. The van der Waals surface area contributed by atoms with Crippen molar-refractivity contribution >= 4 is 27.8 Å². The number of fused-ring (bicyclic) bond motifs is 3. The highest BCUT2D eigenvalue weighted by Crippen LogP contribution is 2.30. The Bertz CT molecular complexity index is 758. The summed E-state index contributed by atoms with van der Waals surface area (Å²) in [4.78, 5) is 14.3. The molecule has 4 heteroatoms. The van der Waals surface area contributed by atoms with E-state index in [2.05, 4.69) is 4.98 Å². The molecule has 18 heavy (non-hydrogen) atoms.